The van der Waals surface area contributed by atoms with Crippen LogP contribution in [0.5, 0.6) is 0 Å². The van der Waals surface area contributed by atoms with E-state index in [1.807, 2.05) is 18.2 Å². The average Bonchev–Trinajstić information content (AvgIpc) is 2.31. The molecular weight excluding hydrogens is 224 g/mol. The summed E-state index contributed by atoms with van der Waals surface area (Å²) in [7, 11) is 0. The first-order valence-corrected chi connectivity index (χ1v) is 6.73. The summed E-state index contributed by atoms with van der Waals surface area (Å²) in [6.45, 7) is 5.53. The molecule has 0 saturated heterocycles. The summed E-state index contributed by atoms with van der Waals surface area (Å²) < 4.78 is 0. The Morgan fingerprint density at radius 2 is 1.56 bits per heavy atom. The van der Waals surface area contributed by atoms with E-state index in [1.165, 1.54) is 37.7 Å². The van der Waals surface area contributed by atoms with Gasteiger partial charge in [0.1, 0.15) is 0 Å². The lowest BCUT2D eigenvalue weighted by Crippen LogP contribution is -1.99. The fourth-order valence-electron chi connectivity index (χ4n) is 1.84. The van der Waals surface area contributed by atoms with Crippen molar-refractivity contribution in [3.8, 4) is 0 Å². The molecule has 2 nitrogen and oxygen atoms in total. The van der Waals surface area contributed by atoms with Crippen molar-refractivity contribution in [1.82, 2.24) is 0 Å². The number of hydrogen-bond donors (Lipinski definition) is 1. The number of benzene rings is 1. The van der Waals surface area contributed by atoms with Gasteiger partial charge in [-0.3, -0.25) is 4.79 Å². The molecule has 0 bridgehead atoms. The first kappa shape index (κ1) is 16.7. The van der Waals surface area contributed by atoms with Gasteiger partial charge in [0.25, 0.3) is 5.97 Å². The van der Waals surface area contributed by atoms with Gasteiger partial charge in [0.15, 0.2) is 0 Å². The van der Waals surface area contributed by atoms with Crippen LogP contribution < -0.4 is 0 Å². The van der Waals surface area contributed by atoms with Gasteiger partial charge in [0, 0.05) is 6.92 Å². The Morgan fingerprint density at radius 3 is 1.78 bits per heavy atom. The Kier molecular flexibility index (Phi) is 10.0. The summed E-state index contributed by atoms with van der Waals surface area (Å²) in [5, 5.41) is 7.42. The van der Waals surface area contributed by atoms with Gasteiger partial charge in [0.05, 0.1) is 0 Å². The van der Waals surface area contributed by atoms with Gasteiger partial charge < -0.3 is 5.11 Å². The van der Waals surface area contributed by atoms with Gasteiger partial charge in [-0.05, 0) is 12.8 Å². The number of aliphatic carboxylic acids is 1. The number of carboxylic acids is 1. The molecular formula is C16H26O2. The Bertz CT molecular complexity index is 296. The SMILES string of the molecule is CC(=O)O.CC1CCCCC1.Cc1ccccc1. The maximum Gasteiger partial charge on any atom is 0.300 e. The number of hydrogen-bond acceptors (Lipinski definition) is 1. The Labute approximate surface area is 111 Å². The van der Waals surface area contributed by atoms with E-state index in [1.54, 1.807) is 0 Å². The molecule has 1 aromatic carbocycles. The maximum absolute atomic E-state index is 9.00. The van der Waals surface area contributed by atoms with E-state index in [-0.39, 0.29) is 0 Å². The molecule has 0 aromatic heterocycles. The molecule has 0 amide bonds. The van der Waals surface area contributed by atoms with Crippen molar-refractivity contribution >= 4 is 5.97 Å². The van der Waals surface area contributed by atoms with Crippen LogP contribution in [0.15, 0.2) is 30.3 Å². The fraction of sp³-hybridized carbons (Fsp3) is 0.562. The number of aryl methyl sites for hydroxylation is 1. The van der Waals surface area contributed by atoms with Crippen LogP contribution in [0.25, 0.3) is 0 Å². The zero-order valence-electron chi connectivity index (χ0n) is 11.9. The predicted octanol–water partition coefficient (Wildman–Crippen LogP) is 4.67. The molecule has 1 aliphatic carbocycles. The first-order valence-electron chi connectivity index (χ1n) is 6.73. The van der Waals surface area contributed by atoms with Crippen LogP contribution >= 0.6 is 0 Å². The molecule has 102 valence electrons. The first-order chi connectivity index (χ1) is 8.52. The lowest BCUT2D eigenvalue weighted by molar-refractivity contribution is -0.134. The highest BCUT2D eigenvalue weighted by molar-refractivity contribution is 5.62. The molecule has 1 aromatic rings. The summed E-state index contributed by atoms with van der Waals surface area (Å²) in [6.07, 6.45) is 7.44. The van der Waals surface area contributed by atoms with Crippen molar-refractivity contribution in [2.24, 2.45) is 5.92 Å². The molecule has 0 radical (unpaired) electrons. The standard InChI is InChI=1S/C7H14.C7H8.C2H4O2/c2*1-7-5-3-2-4-6-7;1-2(3)4/h7H,2-6H2,1H3;2-6H,1H3;1H3,(H,3,4). The van der Waals surface area contributed by atoms with Crippen LogP contribution in [0.2, 0.25) is 0 Å². The van der Waals surface area contributed by atoms with Gasteiger partial charge >= 0.3 is 0 Å². The minimum Gasteiger partial charge on any atom is -0.481 e. The molecule has 1 saturated carbocycles. The number of carbonyl (C=O) groups is 1. The minimum absolute atomic E-state index is 0.833. The molecule has 0 atom stereocenters. The van der Waals surface area contributed by atoms with Gasteiger partial charge in [-0.2, -0.15) is 0 Å². The molecule has 18 heavy (non-hydrogen) atoms. The third-order valence-corrected chi connectivity index (χ3v) is 2.83. The number of carboxylic acid groups (broad SMARTS) is 1. The quantitative estimate of drug-likeness (QED) is 0.726. The molecule has 0 aliphatic heterocycles. The van der Waals surface area contributed by atoms with E-state index in [0.29, 0.717) is 0 Å². The molecule has 1 N–H and O–H groups in total. The molecule has 2 heteroatoms. The molecule has 0 spiro atoms. The zero-order chi connectivity index (χ0) is 13.8. The number of rotatable bonds is 0. The zero-order valence-corrected chi connectivity index (χ0v) is 11.9. The normalized spacial score (nSPS) is 14.6. The second-order valence-electron chi connectivity index (χ2n) is 4.92. The predicted molar refractivity (Wildman–Crippen MR) is 76.7 cm³/mol. The van der Waals surface area contributed by atoms with Gasteiger partial charge in [-0.15, -0.1) is 0 Å². The van der Waals surface area contributed by atoms with Gasteiger partial charge in [-0.25, -0.2) is 0 Å². The highest BCUT2D eigenvalue weighted by Crippen LogP contribution is 2.22. The van der Waals surface area contributed by atoms with E-state index < -0.39 is 5.97 Å². The van der Waals surface area contributed by atoms with Crippen molar-refractivity contribution < 1.29 is 9.90 Å². The topological polar surface area (TPSA) is 37.3 Å². The van der Waals surface area contributed by atoms with E-state index in [2.05, 4.69) is 26.0 Å². The van der Waals surface area contributed by atoms with Crippen molar-refractivity contribution in [1.29, 1.82) is 0 Å². The summed E-state index contributed by atoms with van der Waals surface area (Å²) in [5.74, 6) is 0.203. The van der Waals surface area contributed by atoms with Crippen molar-refractivity contribution in [2.75, 3.05) is 0 Å². The van der Waals surface area contributed by atoms with Crippen LogP contribution in [0.4, 0.5) is 0 Å². The third kappa shape index (κ3) is 12.8. The van der Waals surface area contributed by atoms with Crippen molar-refractivity contribution in [2.45, 2.75) is 52.9 Å². The van der Waals surface area contributed by atoms with Crippen LogP contribution in [0.1, 0.15) is 51.5 Å². The van der Waals surface area contributed by atoms with Crippen LogP contribution in [0, 0.1) is 12.8 Å². The highest BCUT2D eigenvalue weighted by Gasteiger charge is 2.05. The Morgan fingerprint density at radius 1 is 1.11 bits per heavy atom. The summed E-state index contributed by atoms with van der Waals surface area (Å²) in [6, 6.07) is 10.3. The lowest BCUT2D eigenvalue weighted by Gasteiger charge is -2.15. The van der Waals surface area contributed by atoms with E-state index in [4.69, 9.17) is 9.90 Å². The fourth-order valence-corrected chi connectivity index (χ4v) is 1.84. The van der Waals surface area contributed by atoms with Crippen molar-refractivity contribution in [3.63, 3.8) is 0 Å². The highest BCUT2D eigenvalue weighted by atomic mass is 16.4. The van der Waals surface area contributed by atoms with E-state index in [0.717, 1.165) is 12.8 Å². The van der Waals surface area contributed by atoms with E-state index >= 15 is 0 Å². The van der Waals surface area contributed by atoms with Gasteiger partial charge in [0.2, 0.25) is 0 Å². The second kappa shape index (κ2) is 10.8. The maximum atomic E-state index is 9.00. The molecule has 1 aliphatic rings. The third-order valence-electron chi connectivity index (χ3n) is 2.83. The average molecular weight is 250 g/mol. The molecule has 2 rings (SSSR count). The minimum atomic E-state index is -0.833. The smallest absolute Gasteiger partial charge is 0.300 e. The van der Waals surface area contributed by atoms with Crippen LogP contribution in [0.3, 0.4) is 0 Å². The summed E-state index contributed by atoms with van der Waals surface area (Å²) in [4.78, 5) is 9.00. The van der Waals surface area contributed by atoms with Crippen molar-refractivity contribution in [3.05, 3.63) is 35.9 Å². The Hall–Kier alpha value is -1.31. The molecule has 0 heterocycles. The molecule has 1 fully saturated rings. The Balaban J connectivity index is 0.000000253. The van der Waals surface area contributed by atoms with Crippen LogP contribution in [-0.2, 0) is 4.79 Å². The summed E-state index contributed by atoms with van der Waals surface area (Å²) in [5.41, 5.74) is 1.32. The molecule has 0 unspecified atom stereocenters. The monoisotopic (exact) mass is 250 g/mol. The summed E-state index contributed by atoms with van der Waals surface area (Å²) >= 11 is 0. The van der Waals surface area contributed by atoms with E-state index in [9.17, 15) is 0 Å². The largest absolute Gasteiger partial charge is 0.481 e. The van der Waals surface area contributed by atoms with Crippen LogP contribution in [-0.4, -0.2) is 11.1 Å². The lowest BCUT2D eigenvalue weighted by atomic mass is 9.91. The second-order valence-corrected chi connectivity index (χ2v) is 4.92. The van der Waals surface area contributed by atoms with Gasteiger partial charge in [-0.1, -0.05) is 74.9 Å².